The van der Waals surface area contributed by atoms with Crippen molar-refractivity contribution in [3.05, 3.63) is 86.4 Å². The summed E-state index contributed by atoms with van der Waals surface area (Å²) in [5, 5.41) is 15.7. The number of carbonyl (C=O) groups is 2. The zero-order valence-electron chi connectivity index (χ0n) is 20.5. The van der Waals surface area contributed by atoms with E-state index in [0.29, 0.717) is 44.5 Å². The molecule has 37 heavy (non-hydrogen) atoms. The zero-order chi connectivity index (χ0) is 26.9. The highest BCUT2D eigenvalue weighted by Gasteiger charge is 2.16. The Morgan fingerprint density at radius 1 is 1.05 bits per heavy atom. The normalized spacial score (nSPS) is 10.9. The summed E-state index contributed by atoms with van der Waals surface area (Å²) in [5.74, 6) is -0.212. The van der Waals surface area contributed by atoms with E-state index in [2.05, 4.69) is 26.6 Å². The van der Waals surface area contributed by atoms with Crippen molar-refractivity contribution in [2.24, 2.45) is 0 Å². The average molecular weight is 583 g/mol. The molecular formula is C28H25BrClN3O4. The maximum absolute atomic E-state index is 12.8. The molecule has 0 saturated carbocycles. The van der Waals surface area contributed by atoms with Crippen molar-refractivity contribution in [2.45, 2.75) is 20.8 Å². The van der Waals surface area contributed by atoms with Crippen LogP contribution >= 0.6 is 27.5 Å². The number of nitriles is 1. The summed E-state index contributed by atoms with van der Waals surface area (Å²) in [6.07, 6.45) is 1.46. The molecule has 0 fully saturated rings. The average Bonchev–Trinajstić information content (AvgIpc) is 2.85. The molecule has 190 valence electrons. The summed E-state index contributed by atoms with van der Waals surface area (Å²) in [5.41, 5.74) is 3.66. The van der Waals surface area contributed by atoms with Gasteiger partial charge in [-0.3, -0.25) is 9.59 Å². The molecule has 7 nitrogen and oxygen atoms in total. The molecule has 0 aliphatic carbocycles. The van der Waals surface area contributed by atoms with Gasteiger partial charge in [-0.25, -0.2) is 0 Å². The van der Waals surface area contributed by atoms with E-state index in [4.69, 9.17) is 21.1 Å². The van der Waals surface area contributed by atoms with Gasteiger partial charge in [-0.05, 0) is 96.4 Å². The molecule has 0 unspecified atom stereocenters. The number of rotatable bonds is 9. The molecule has 0 aliphatic heterocycles. The van der Waals surface area contributed by atoms with E-state index in [1.54, 1.807) is 42.5 Å². The van der Waals surface area contributed by atoms with Gasteiger partial charge in [0.15, 0.2) is 18.1 Å². The maximum Gasteiger partial charge on any atom is 0.266 e. The number of benzene rings is 3. The second kappa shape index (κ2) is 12.9. The Kier molecular flexibility index (Phi) is 9.72. The second-order valence-electron chi connectivity index (χ2n) is 8.05. The third-order valence-electron chi connectivity index (χ3n) is 5.11. The lowest BCUT2D eigenvalue weighted by Gasteiger charge is -2.15. The highest BCUT2D eigenvalue weighted by Crippen LogP contribution is 2.37. The number of aryl methyl sites for hydroxylation is 2. The maximum atomic E-state index is 12.8. The van der Waals surface area contributed by atoms with Gasteiger partial charge in [0.05, 0.1) is 11.1 Å². The zero-order valence-corrected chi connectivity index (χ0v) is 22.9. The van der Waals surface area contributed by atoms with Gasteiger partial charge in [0.1, 0.15) is 11.6 Å². The first kappa shape index (κ1) is 27.8. The lowest BCUT2D eigenvalue weighted by molar-refractivity contribution is -0.118. The first-order valence-corrected chi connectivity index (χ1v) is 12.5. The fourth-order valence-corrected chi connectivity index (χ4v) is 4.10. The summed E-state index contributed by atoms with van der Waals surface area (Å²) in [4.78, 5) is 25.1. The van der Waals surface area contributed by atoms with Crippen molar-refractivity contribution in [1.29, 1.82) is 5.26 Å². The molecule has 0 spiro atoms. The predicted molar refractivity (Wildman–Crippen MR) is 149 cm³/mol. The number of amides is 2. The lowest BCUT2D eigenvalue weighted by Crippen LogP contribution is -2.20. The molecule has 0 aliphatic rings. The number of ether oxygens (including phenoxy) is 2. The van der Waals surface area contributed by atoms with Crippen molar-refractivity contribution in [3.63, 3.8) is 0 Å². The van der Waals surface area contributed by atoms with Crippen LogP contribution in [0.1, 0.15) is 23.6 Å². The molecule has 0 aromatic heterocycles. The fraction of sp³-hybridized carbons (Fsp3) is 0.179. The van der Waals surface area contributed by atoms with Gasteiger partial charge in [0.25, 0.3) is 11.8 Å². The first-order valence-electron chi connectivity index (χ1n) is 11.3. The van der Waals surface area contributed by atoms with Crippen molar-refractivity contribution in [1.82, 2.24) is 0 Å². The largest absolute Gasteiger partial charge is 0.490 e. The van der Waals surface area contributed by atoms with Crippen LogP contribution in [0.25, 0.3) is 6.08 Å². The van der Waals surface area contributed by atoms with Crippen molar-refractivity contribution >= 4 is 56.8 Å². The fourth-order valence-electron chi connectivity index (χ4n) is 3.40. The Hall–Kier alpha value is -3.80. The summed E-state index contributed by atoms with van der Waals surface area (Å²) in [7, 11) is 0. The molecule has 3 rings (SSSR count). The Morgan fingerprint density at radius 2 is 1.78 bits per heavy atom. The second-order valence-corrected chi connectivity index (χ2v) is 9.34. The van der Waals surface area contributed by atoms with Gasteiger partial charge < -0.3 is 20.1 Å². The first-order chi connectivity index (χ1) is 17.7. The summed E-state index contributed by atoms with van der Waals surface area (Å²) >= 11 is 9.32. The van der Waals surface area contributed by atoms with Crippen LogP contribution in [0.2, 0.25) is 5.02 Å². The number of nitrogens with zero attached hydrogens (tertiary/aromatic N) is 1. The van der Waals surface area contributed by atoms with Gasteiger partial charge in [-0.1, -0.05) is 29.3 Å². The standard InChI is InChI=1S/C28H25BrClN3O4/c1-4-36-25-14-19(12-20(15-31)28(35)33-24-10-5-17(2)11-18(24)3)13-23(29)27(25)37-16-26(34)32-22-8-6-21(30)7-9-22/h5-14H,4,16H2,1-3H3,(H,32,34)(H,33,35)/b20-12+. The molecule has 2 N–H and O–H groups in total. The third kappa shape index (κ3) is 7.84. The van der Waals surface area contributed by atoms with E-state index in [1.807, 2.05) is 39.0 Å². The molecule has 3 aromatic carbocycles. The SMILES string of the molecule is CCOc1cc(/C=C(\C#N)C(=O)Nc2ccc(C)cc2C)cc(Br)c1OCC(=O)Nc1ccc(Cl)cc1. The van der Waals surface area contributed by atoms with E-state index in [1.165, 1.54) is 6.08 Å². The van der Waals surface area contributed by atoms with Crippen molar-refractivity contribution in [3.8, 4) is 17.6 Å². The Morgan fingerprint density at radius 3 is 2.43 bits per heavy atom. The Labute approximate surface area is 229 Å². The van der Waals surface area contributed by atoms with E-state index in [0.717, 1.165) is 11.1 Å². The molecule has 0 radical (unpaired) electrons. The predicted octanol–water partition coefficient (Wildman–Crippen LogP) is 6.68. The Balaban J connectivity index is 1.77. The quantitative estimate of drug-likeness (QED) is 0.216. The third-order valence-corrected chi connectivity index (χ3v) is 5.95. The van der Waals surface area contributed by atoms with Gasteiger partial charge in [-0.2, -0.15) is 5.26 Å². The molecule has 0 saturated heterocycles. The van der Waals surface area contributed by atoms with Crippen LogP contribution in [0, 0.1) is 25.2 Å². The van der Waals surface area contributed by atoms with Crippen LogP contribution in [0.4, 0.5) is 11.4 Å². The smallest absolute Gasteiger partial charge is 0.266 e. The van der Waals surface area contributed by atoms with Crippen molar-refractivity contribution < 1.29 is 19.1 Å². The molecule has 0 atom stereocenters. The van der Waals surface area contributed by atoms with Gasteiger partial charge in [0, 0.05) is 16.4 Å². The van der Waals surface area contributed by atoms with E-state index in [-0.39, 0.29) is 18.1 Å². The molecule has 2 amide bonds. The minimum Gasteiger partial charge on any atom is -0.490 e. The molecular weight excluding hydrogens is 558 g/mol. The monoisotopic (exact) mass is 581 g/mol. The number of hydrogen-bond acceptors (Lipinski definition) is 5. The number of carbonyl (C=O) groups excluding carboxylic acids is 2. The van der Waals surface area contributed by atoms with Crippen molar-refractivity contribution in [2.75, 3.05) is 23.8 Å². The molecule has 3 aromatic rings. The number of anilines is 2. The minimum atomic E-state index is -0.525. The summed E-state index contributed by atoms with van der Waals surface area (Å²) < 4.78 is 11.9. The number of hydrogen-bond donors (Lipinski definition) is 2. The lowest BCUT2D eigenvalue weighted by atomic mass is 10.1. The van der Waals surface area contributed by atoms with Crippen LogP contribution in [0.3, 0.4) is 0 Å². The van der Waals surface area contributed by atoms with Gasteiger partial charge in [-0.15, -0.1) is 0 Å². The summed E-state index contributed by atoms with van der Waals surface area (Å²) in [6, 6.07) is 17.6. The minimum absolute atomic E-state index is 0.0784. The summed E-state index contributed by atoms with van der Waals surface area (Å²) in [6.45, 7) is 5.74. The van der Waals surface area contributed by atoms with Crippen LogP contribution in [0.15, 0.2) is 64.6 Å². The Bertz CT molecular complexity index is 1380. The van der Waals surface area contributed by atoms with E-state index < -0.39 is 5.91 Å². The van der Waals surface area contributed by atoms with E-state index in [9.17, 15) is 14.9 Å². The van der Waals surface area contributed by atoms with Crippen LogP contribution in [-0.4, -0.2) is 25.0 Å². The van der Waals surface area contributed by atoms with Crippen LogP contribution in [0.5, 0.6) is 11.5 Å². The van der Waals surface area contributed by atoms with Crippen LogP contribution < -0.4 is 20.1 Å². The highest BCUT2D eigenvalue weighted by atomic mass is 79.9. The molecule has 9 heteroatoms. The van der Waals surface area contributed by atoms with Crippen LogP contribution in [-0.2, 0) is 9.59 Å². The van der Waals surface area contributed by atoms with Gasteiger partial charge in [0.2, 0.25) is 0 Å². The van der Waals surface area contributed by atoms with Gasteiger partial charge >= 0.3 is 0 Å². The number of nitrogens with one attached hydrogen (secondary N) is 2. The van der Waals surface area contributed by atoms with E-state index >= 15 is 0 Å². The number of halogens is 2. The topological polar surface area (TPSA) is 100 Å². The highest BCUT2D eigenvalue weighted by molar-refractivity contribution is 9.10. The molecule has 0 bridgehead atoms. The molecule has 0 heterocycles.